The highest BCUT2D eigenvalue weighted by Gasteiger charge is 2.77. The molecule has 3 aromatic carbocycles. The molecule has 0 radical (unpaired) electrons. The number of phenolic OH excluding ortho intramolecular Hbond substituents is 1. The van der Waals surface area contributed by atoms with Crippen molar-refractivity contribution in [2.45, 2.75) is 35.4 Å². The van der Waals surface area contributed by atoms with Crippen LogP contribution in [0.25, 0.3) is 6.08 Å². The van der Waals surface area contributed by atoms with Crippen molar-refractivity contribution in [3.8, 4) is 5.75 Å². The molecule has 228 valence electrons. The summed E-state index contributed by atoms with van der Waals surface area (Å²) in [6.45, 7) is 5.44. The Morgan fingerprint density at radius 3 is 2.20 bits per heavy atom. The van der Waals surface area contributed by atoms with Crippen molar-refractivity contribution >= 4 is 64.3 Å². The Bertz CT molecular complexity index is 1860. The fourth-order valence-corrected chi connectivity index (χ4v) is 8.60. The molecular weight excluding hydrogens is 618 g/mol. The third kappa shape index (κ3) is 3.88. The number of halogens is 3. The molecule has 10 heteroatoms. The van der Waals surface area contributed by atoms with Gasteiger partial charge in [0.25, 0.3) is 11.8 Å². The molecule has 0 spiro atoms. The maximum atomic E-state index is 14.4. The van der Waals surface area contributed by atoms with Crippen LogP contribution in [0.5, 0.6) is 5.75 Å². The summed E-state index contributed by atoms with van der Waals surface area (Å²) >= 11 is 14.7. The van der Waals surface area contributed by atoms with Gasteiger partial charge in [0.1, 0.15) is 11.6 Å². The first kappa shape index (κ1) is 29.4. The highest BCUT2D eigenvalue weighted by molar-refractivity contribution is 6.58. The maximum Gasteiger partial charge on any atom is 0.258 e. The summed E-state index contributed by atoms with van der Waals surface area (Å²) in [7, 11) is 0. The topological polar surface area (TPSA) is 95.0 Å². The van der Waals surface area contributed by atoms with E-state index in [4.69, 9.17) is 23.2 Å². The highest BCUT2D eigenvalue weighted by Crippen LogP contribution is 2.66. The van der Waals surface area contributed by atoms with Crippen molar-refractivity contribution in [1.82, 2.24) is 0 Å². The molecule has 3 aromatic rings. The predicted octanol–water partition coefficient (Wildman–Crippen LogP) is 6.25. The number of para-hydroxylation sites is 1. The Morgan fingerprint density at radius 1 is 0.889 bits per heavy atom. The summed E-state index contributed by atoms with van der Waals surface area (Å²) < 4.78 is 13.8. The summed E-state index contributed by atoms with van der Waals surface area (Å²) in [4.78, 5) is 54.5. The Labute approximate surface area is 268 Å². The van der Waals surface area contributed by atoms with Crippen molar-refractivity contribution in [3.05, 3.63) is 107 Å². The van der Waals surface area contributed by atoms with Gasteiger partial charge in [0.05, 0.1) is 23.2 Å². The number of aromatic hydroxyl groups is 1. The van der Waals surface area contributed by atoms with E-state index in [2.05, 4.69) is 6.58 Å². The average Bonchev–Trinajstić information content (AvgIpc) is 3.37. The van der Waals surface area contributed by atoms with Gasteiger partial charge in [-0.05, 0) is 73.2 Å². The first-order valence-electron chi connectivity index (χ1n) is 14.5. The van der Waals surface area contributed by atoms with Crippen LogP contribution in [0.3, 0.4) is 0 Å². The zero-order valence-corrected chi connectivity index (χ0v) is 25.6. The number of anilines is 2. The number of alkyl halides is 2. The van der Waals surface area contributed by atoms with E-state index in [9.17, 15) is 28.7 Å². The third-order valence-corrected chi connectivity index (χ3v) is 11.3. The zero-order valence-electron chi connectivity index (χ0n) is 24.0. The minimum atomic E-state index is -2.12. The van der Waals surface area contributed by atoms with Crippen LogP contribution in [-0.4, -0.2) is 38.5 Å². The maximum absolute atomic E-state index is 14.4. The summed E-state index contributed by atoms with van der Waals surface area (Å²) in [6.07, 6.45) is 3.45. The summed E-state index contributed by atoms with van der Waals surface area (Å²) in [6, 6.07) is 16.7. The average molecular weight is 646 g/mol. The van der Waals surface area contributed by atoms with Gasteiger partial charge in [0, 0.05) is 11.5 Å². The summed E-state index contributed by atoms with van der Waals surface area (Å²) in [5, 5.41) is 11.3. The standard InChI is InChI=1S/C35H27Cl2FN2O5/c1-3-19-7-11-21(12-8-19)39-30(42)24-16-15-23-26(27(24)31(39)43)17-34(36)32(44)40(22-13-9-20(38)10-14-22)33(45)35(34,37)28(23)25-6-4-5-18(2)29(25)41/h3-15,24,26-28,41H,1,16-17H2,2H3/t24-,26+,27-,28+,34+,35-/m0/s1. The minimum Gasteiger partial charge on any atom is -0.507 e. The lowest BCUT2D eigenvalue weighted by atomic mass is 9.56. The van der Waals surface area contributed by atoms with Gasteiger partial charge in [-0.3, -0.25) is 24.1 Å². The number of imide groups is 2. The van der Waals surface area contributed by atoms with E-state index in [1.807, 2.05) is 6.08 Å². The molecule has 2 aliphatic heterocycles. The second-order valence-corrected chi connectivity index (χ2v) is 13.3. The molecule has 3 fully saturated rings. The second kappa shape index (κ2) is 10.1. The van der Waals surface area contributed by atoms with E-state index in [1.54, 1.807) is 55.5 Å². The number of phenols is 1. The number of carbonyl (C=O) groups excluding carboxylic acids is 4. The molecule has 0 bridgehead atoms. The van der Waals surface area contributed by atoms with Gasteiger partial charge in [-0.15, -0.1) is 23.2 Å². The quantitative estimate of drug-likeness (QED) is 0.206. The molecule has 0 aromatic heterocycles. The molecule has 45 heavy (non-hydrogen) atoms. The van der Waals surface area contributed by atoms with Gasteiger partial charge in [-0.2, -0.15) is 0 Å². The normalized spacial score (nSPS) is 30.6. The molecule has 4 aliphatic rings. The van der Waals surface area contributed by atoms with Crippen molar-refractivity contribution in [2.24, 2.45) is 17.8 Å². The lowest BCUT2D eigenvalue weighted by molar-refractivity contribution is -0.125. The Hall–Kier alpha value is -4.27. The minimum absolute atomic E-state index is 0.0872. The fourth-order valence-electron chi connectivity index (χ4n) is 7.67. The van der Waals surface area contributed by atoms with Crippen molar-refractivity contribution in [1.29, 1.82) is 0 Å². The highest BCUT2D eigenvalue weighted by atomic mass is 35.5. The van der Waals surface area contributed by atoms with Gasteiger partial charge in [-0.1, -0.05) is 54.6 Å². The molecule has 1 N–H and O–H groups in total. The zero-order chi connectivity index (χ0) is 32.0. The lowest BCUT2D eigenvalue weighted by Gasteiger charge is -2.50. The van der Waals surface area contributed by atoms with Gasteiger partial charge in [0.15, 0.2) is 9.75 Å². The molecule has 1 saturated carbocycles. The number of aryl methyl sites for hydroxylation is 1. The van der Waals surface area contributed by atoms with Crippen molar-refractivity contribution in [3.63, 3.8) is 0 Å². The third-order valence-electron chi connectivity index (χ3n) is 9.86. The first-order valence-corrected chi connectivity index (χ1v) is 15.3. The Morgan fingerprint density at radius 2 is 1.53 bits per heavy atom. The largest absolute Gasteiger partial charge is 0.507 e. The van der Waals surface area contributed by atoms with Crippen LogP contribution in [0.15, 0.2) is 85.0 Å². The first-order chi connectivity index (χ1) is 21.4. The van der Waals surface area contributed by atoms with Crippen LogP contribution < -0.4 is 9.80 Å². The molecule has 2 heterocycles. The van der Waals surface area contributed by atoms with Gasteiger partial charge >= 0.3 is 0 Å². The van der Waals surface area contributed by atoms with Gasteiger partial charge in [-0.25, -0.2) is 9.29 Å². The van der Waals surface area contributed by atoms with Crippen LogP contribution in [0.1, 0.15) is 35.4 Å². The number of hydrogen-bond donors (Lipinski definition) is 1. The number of hydrogen-bond acceptors (Lipinski definition) is 5. The summed E-state index contributed by atoms with van der Waals surface area (Å²) in [5.41, 5.74) is 2.68. The van der Waals surface area contributed by atoms with Crippen LogP contribution >= 0.6 is 23.2 Å². The molecule has 2 saturated heterocycles. The molecule has 6 atom stereocenters. The number of benzene rings is 3. The smallest absolute Gasteiger partial charge is 0.258 e. The number of rotatable bonds is 4. The van der Waals surface area contributed by atoms with Crippen molar-refractivity contribution < 1.29 is 28.7 Å². The van der Waals surface area contributed by atoms with E-state index in [-0.39, 0.29) is 35.7 Å². The number of fused-ring (bicyclic) bond motifs is 4. The predicted molar refractivity (Wildman–Crippen MR) is 168 cm³/mol. The molecule has 2 aliphatic carbocycles. The van der Waals surface area contributed by atoms with E-state index in [0.717, 1.165) is 22.6 Å². The molecular formula is C35H27Cl2FN2O5. The molecule has 7 nitrogen and oxygen atoms in total. The van der Waals surface area contributed by atoms with E-state index >= 15 is 0 Å². The van der Waals surface area contributed by atoms with Crippen molar-refractivity contribution in [2.75, 3.05) is 9.80 Å². The monoisotopic (exact) mass is 644 g/mol. The molecule has 7 rings (SSSR count). The Kier molecular flexibility index (Phi) is 6.62. The van der Waals surface area contributed by atoms with Gasteiger partial charge < -0.3 is 5.11 Å². The molecule has 0 unspecified atom stereocenters. The van der Waals surface area contributed by atoms with Crippen LogP contribution in [-0.2, 0) is 19.2 Å². The van der Waals surface area contributed by atoms with E-state index < -0.39 is 57.0 Å². The SMILES string of the molecule is C=Cc1ccc(N2C(=O)[C@H]3[C@H](CC=C4[C@H]3C[C@@]3(Cl)C(=O)N(c5ccc(F)cc5)C(=O)[C@@]3(Cl)[C@H]4c3cccc(C)c3O)C2=O)cc1. The van der Waals surface area contributed by atoms with E-state index in [1.165, 1.54) is 17.0 Å². The summed E-state index contributed by atoms with van der Waals surface area (Å²) in [5.74, 6) is -6.60. The number of nitrogens with zero attached hydrogens (tertiary/aromatic N) is 2. The molecule has 4 amide bonds. The van der Waals surface area contributed by atoms with E-state index in [0.29, 0.717) is 16.8 Å². The van der Waals surface area contributed by atoms with Crippen LogP contribution in [0.4, 0.5) is 15.8 Å². The second-order valence-electron chi connectivity index (χ2n) is 12.1. The number of carbonyl (C=O) groups is 4. The lowest BCUT2D eigenvalue weighted by Crippen LogP contribution is -2.60. The van der Waals surface area contributed by atoms with Gasteiger partial charge in [0.2, 0.25) is 11.8 Å². The number of allylic oxidation sites excluding steroid dienone is 2. The van der Waals surface area contributed by atoms with Crippen LogP contribution in [0.2, 0.25) is 0 Å². The Balaban J connectivity index is 1.40. The van der Waals surface area contributed by atoms with Crippen LogP contribution in [0, 0.1) is 30.5 Å². The number of amides is 4. The fraction of sp³-hybridized carbons (Fsp3) is 0.257.